The summed E-state index contributed by atoms with van der Waals surface area (Å²) < 4.78 is 0. The Labute approximate surface area is 105 Å². The normalized spacial score (nSPS) is 9.56. The van der Waals surface area contributed by atoms with E-state index in [1.165, 1.54) is 0 Å². The Hall–Kier alpha value is -2.62. The molecule has 3 rings (SSSR count). The van der Waals surface area contributed by atoms with E-state index in [-0.39, 0.29) is 5.75 Å². The number of nitrogens with two attached hydrogens (primary N) is 1. The molecule has 18 heavy (non-hydrogen) atoms. The minimum Gasteiger partial charge on any atom is -0.506 e. The monoisotopic (exact) mass is 239 g/mol. The van der Waals surface area contributed by atoms with Crippen molar-refractivity contribution in [1.29, 1.82) is 0 Å². The van der Waals surface area contributed by atoms with E-state index in [0.29, 0.717) is 5.69 Å². The van der Waals surface area contributed by atoms with Crippen molar-refractivity contribution in [1.82, 2.24) is 9.97 Å². The summed E-state index contributed by atoms with van der Waals surface area (Å²) in [6, 6.07) is 14.5. The Morgan fingerprint density at radius 1 is 0.778 bits per heavy atom. The molecular weight excluding hydrogens is 226 g/mol. The van der Waals surface area contributed by atoms with Crippen molar-refractivity contribution in [2.45, 2.75) is 0 Å². The number of anilines is 1. The van der Waals surface area contributed by atoms with Crippen LogP contribution in [0.3, 0.4) is 0 Å². The summed E-state index contributed by atoms with van der Waals surface area (Å²) in [7, 11) is 0. The molecule has 0 amide bonds. The summed E-state index contributed by atoms with van der Waals surface area (Å²) in [5.41, 5.74) is 7.59. The fourth-order valence-corrected chi connectivity index (χ4v) is 1.40. The predicted octanol–water partition coefficient (Wildman–Crippen LogP) is 2.60. The number of nitrogen functional groups attached to an aromatic ring is 1. The van der Waals surface area contributed by atoms with Crippen molar-refractivity contribution in [3.05, 3.63) is 60.9 Å². The number of rotatable bonds is 0. The zero-order valence-electron chi connectivity index (χ0n) is 9.69. The summed E-state index contributed by atoms with van der Waals surface area (Å²) in [5.74, 6) is 0.146. The summed E-state index contributed by atoms with van der Waals surface area (Å²) in [6.07, 6.45) is 3.39. The van der Waals surface area contributed by atoms with Gasteiger partial charge in [-0.2, -0.15) is 0 Å². The number of hydrogen-bond donors (Lipinski definition) is 2. The highest BCUT2D eigenvalue weighted by molar-refractivity contribution is 5.72. The molecule has 0 unspecified atom stereocenters. The summed E-state index contributed by atoms with van der Waals surface area (Å²) in [5, 5.41) is 8.79. The van der Waals surface area contributed by atoms with Crippen molar-refractivity contribution < 1.29 is 5.11 Å². The average Bonchev–Trinajstić information content (AvgIpc) is 2.43. The summed E-state index contributed by atoms with van der Waals surface area (Å²) in [4.78, 5) is 8.24. The number of para-hydroxylation sites is 4. The van der Waals surface area contributed by atoms with Crippen LogP contribution >= 0.6 is 0 Å². The minimum atomic E-state index is 0.146. The molecule has 0 saturated carbocycles. The van der Waals surface area contributed by atoms with Crippen LogP contribution in [-0.2, 0) is 0 Å². The molecule has 3 aromatic rings. The van der Waals surface area contributed by atoms with Gasteiger partial charge in [-0.05, 0) is 24.3 Å². The van der Waals surface area contributed by atoms with Gasteiger partial charge in [0.05, 0.1) is 16.7 Å². The van der Waals surface area contributed by atoms with Crippen LogP contribution in [0.4, 0.5) is 5.69 Å². The van der Waals surface area contributed by atoms with Crippen molar-refractivity contribution in [2.75, 3.05) is 5.73 Å². The smallest absolute Gasteiger partial charge is 0.138 e. The second-order valence-electron chi connectivity index (χ2n) is 3.60. The molecule has 4 heteroatoms. The minimum absolute atomic E-state index is 0.146. The summed E-state index contributed by atoms with van der Waals surface area (Å²) in [6.45, 7) is 0. The van der Waals surface area contributed by atoms with Gasteiger partial charge in [0.1, 0.15) is 5.75 Å². The molecule has 90 valence electrons. The van der Waals surface area contributed by atoms with Gasteiger partial charge in [-0.15, -0.1) is 0 Å². The van der Waals surface area contributed by atoms with Gasteiger partial charge in [-0.3, -0.25) is 9.97 Å². The van der Waals surface area contributed by atoms with Crippen LogP contribution in [0.2, 0.25) is 0 Å². The largest absolute Gasteiger partial charge is 0.506 e. The lowest BCUT2D eigenvalue weighted by Crippen LogP contribution is -1.82. The molecule has 0 saturated heterocycles. The van der Waals surface area contributed by atoms with Crippen LogP contribution in [0, 0.1) is 0 Å². The first-order valence-corrected chi connectivity index (χ1v) is 5.46. The maximum Gasteiger partial charge on any atom is 0.138 e. The Bertz CT molecular complexity index is 554. The van der Waals surface area contributed by atoms with Crippen molar-refractivity contribution in [3.8, 4) is 5.75 Å². The molecule has 2 aromatic carbocycles. The molecule has 4 nitrogen and oxygen atoms in total. The molecule has 1 aromatic heterocycles. The predicted molar refractivity (Wildman–Crippen MR) is 72.1 cm³/mol. The third-order valence-corrected chi connectivity index (χ3v) is 2.31. The number of nitrogens with zero attached hydrogens (tertiary/aromatic N) is 2. The van der Waals surface area contributed by atoms with Crippen LogP contribution in [0.15, 0.2) is 60.9 Å². The van der Waals surface area contributed by atoms with Gasteiger partial charge >= 0.3 is 0 Å². The molecule has 1 heterocycles. The average molecular weight is 239 g/mol. The molecule has 3 N–H and O–H groups in total. The van der Waals surface area contributed by atoms with Crippen LogP contribution in [0.1, 0.15) is 0 Å². The Balaban J connectivity index is 0.000000138. The summed E-state index contributed by atoms with van der Waals surface area (Å²) >= 11 is 0. The van der Waals surface area contributed by atoms with Gasteiger partial charge in [0.15, 0.2) is 0 Å². The molecule has 0 bridgehead atoms. The van der Waals surface area contributed by atoms with Crippen molar-refractivity contribution in [2.24, 2.45) is 0 Å². The fourth-order valence-electron chi connectivity index (χ4n) is 1.40. The lowest BCUT2D eigenvalue weighted by atomic mass is 10.3. The van der Waals surface area contributed by atoms with E-state index in [2.05, 4.69) is 9.97 Å². The van der Waals surface area contributed by atoms with Gasteiger partial charge in [-0.1, -0.05) is 24.3 Å². The van der Waals surface area contributed by atoms with Crippen molar-refractivity contribution >= 4 is 16.7 Å². The number of phenols is 1. The first kappa shape index (κ1) is 11.9. The molecule has 0 fully saturated rings. The SMILES string of the molecule is Nc1ccccc1O.c1ccc2nccnc2c1. The van der Waals surface area contributed by atoms with Crippen LogP contribution < -0.4 is 5.73 Å². The third-order valence-electron chi connectivity index (χ3n) is 2.31. The van der Waals surface area contributed by atoms with Crippen LogP contribution in [0.5, 0.6) is 5.75 Å². The number of hydrogen-bond acceptors (Lipinski definition) is 4. The van der Waals surface area contributed by atoms with E-state index in [1.807, 2.05) is 24.3 Å². The highest BCUT2D eigenvalue weighted by Gasteiger charge is 1.88. The Morgan fingerprint density at radius 3 is 1.72 bits per heavy atom. The number of aromatic hydroxyl groups is 1. The molecule has 0 radical (unpaired) electrons. The zero-order valence-corrected chi connectivity index (χ0v) is 9.69. The van der Waals surface area contributed by atoms with Gasteiger partial charge in [-0.25, -0.2) is 0 Å². The van der Waals surface area contributed by atoms with E-state index >= 15 is 0 Å². The number of benzene rings is 2. The molecule has 0 aliphatic rings. The zero-order chi connectivity index (χ0) is 12.8. The fraction of sp³-hybridized carbons (Fsp3) is 0. The maximum atomic E-state index is 8.79. The van der Waals surface area contributed by atoms with E-state index in [9.17, 15) is 0 Å². The van der Waals surface area contributed by atoms with Gasteiger partial charge in [0.25, 0.3) is 0 Å². The van der Waals surface area contributed by atoms with Gasteiger partial charge in [0.2, 0.25) is 0 Å². The van der Waals surface area contributed by atoms with Gasteiger partial charge < -0.3 is 10.8 Å². The lowest BCUT2D eigenvalue weighted by molar-refractivity contribution is 0.478. The van der Waals surface area contributed by atoms with E-state index < -0.39 is 0 Å². The maximum absolute atomic E-state index is 8.79. The van der Waals surface area contributed by atoms with E-state index in [1.54, 1.807) is 36.7 Å². The molecule has 0 spiro atoms. The van der Waals surface area contributed by atoms with Crippen LogP contribution in [-0.4, -0.2) is 15.1 Å². The Morgan fingerprint density at radius 2 is 1.28 bits per heavy atom. The van der Waals surface area contributed by atoms with Gasteiger partial charge in [0, 0.05) is 12.4 Å². The molecule has 0 atom stereocenters. The number of fused-ring (bicyclic) bond motifs is 1. The van der Waals surface area contributed by atoms with Crippen molar-refractivity contribution in [3.63, 3.8) is 0 Å². The quantitative estimate of drug-likeness (QED) is 0.467. The topological polar surface area (TPSA) is 72.0 Å². The first-order valence-electron chi connectivity index (χ1n) is 5.46. The molecule has 0 aliphatic carbocycles. The van der Waals surface area contributed by atoms with Crippen LogP contribution in [0.25, 0.3) is 11.0 Å². The number of phenolic OH excluding ortho intramolecular Hbond substituents is 1. The second-order valence-corrected chi connectivity index (χ2v) is 3.60. The Kier molecular flexibility index (Phi) is 3.71. The lowest BCUT2D eigenvalue weighted by Gasteiger charge is -1.92. The standard InChI is InChI=1S/C8H6N2.C6H7NO/c1-2-4-8-7(3-1)9-5-6-10-8;7-5-3-1-2-4-6(5)8/h1-6H;1-4,8H,7H2. The van der Waals surface area contributed by atoms with E-state index in [0.717, 1.165) is 11.0 Å². The highest BCUT2D eigenvalue weighted by Crippen LogP contribution is 2.16. The highest BCUT2D eigenvalue weighted by atomic mass is 16.3. The first-order chi connectivity index (χ1) is 8.77. The second kappa shape index (κ2) is 5.63. The third kappa shape index (κ3) is 2.95. The van der Waals surface area contributed by atoms with E-state index in [4.69, 9.17) is 10.8 Å². The molecule has 0 aliphatic heterocycles. The number of aromatic nitrogens is 2. The molecular formula is C14H13N3O.